The topological polar surface area (TPSA) is 12.0 Å². The molecule has 15 heavy (non-hydrogen) atoms. The molecule has 92 valence electrons. The number of alkyl halides is 6. The maximum absolute atomic E-state index is 12.0. The van der Waals surface area contributed by atoms with E-state index in [0.717, 1.165) is 6.42 Å². The zero-order valence-corrected chi connectivity index (χ0v) is 8.17. The summed E-state index contributed by atoms with van der Waals surface area (Å²) in [5.41, 5.74) is 0. The van der Waals surface area contributed by atoms with Crippen LogP contribution in [0.3, 0.4) is 0 Å². The fourth-order valence-electron chi connectivity index (χ4n) is 0.965. The molecule has 1 N–H and O–H groups in total. The van der Waals surface area contributed by atoms with Gasteiger partial charge < -0.3 is 5.32 Å². The molecule has 0 rings (SSSR count). The SMILES string of the molecule is CCCCNCC(C(F)(F)F)C(F)(F)F. The summed E-state index contributed by atoms with van der Waals surface area (Å²) in [7, 11) is 0. The van der Waals surface area contributed by atoms with E-state index in [4.69, 9.17) is 0 Å². The van der Waals surface area contributed by atoms with E-state index in [1.54, 1.807) is 6.92 Å². The van der Waals surface area contributed by atoms with Crippen molar-refractivity contribution in [2.45, 2.75) is 32.1 Å². The summed E-state index contributed by atoms with van der Waals surface area (Å²) < 4.78 is 71.8. The number of hydrogen-bond donors (Lipinski definition) is 1. The summed E-state index contributed by atoms with van der Waals surface area (Å²) in [6.07, 6.45) is -9.20. The summed E-state index contributed by atoms with van der Waals surface area (Å²) in [4.78, 5) is 0. The Morgan fingerprint density at radius 2 is 1.47 bits per heavy atom. The van der Waals surface area contributed by atoms with Crippen molar-refractivity contribution in [3.63, 3.8) is 0 Å². The Bertz CT molecular complexity index is 159. The molecule has 0 fully saturated rings. The lowest BCUT2D eigenvalue weighted by Crippen LogP contribution is -2.43. The quantitative estimate of drug-likeness (QED) is 0.572. The Labute approximate surface area is 83.8 Å². The summed E-state index contributed by atoms with van der Waals surface area (Å²) in [5.74, 6) is -3.28. The van der Waals surface area contributed by atoms with E-state index < -0.39 is 24.8 Å². The summed E-state index contributed by atoms with van der Waals surface area (Å²) >= 11 is 0. The van der Waals surface area contributed by atoms with Crippen LogP contribution in [0.25, 0.3) is 0 Å². The second-order valence-electron chi connectivity index (χ2n) is 3.19. The minimum Gasteiger partial charge on any atom is -0.316 e. The summed E-state index contributed by atoms with van der Waals surface area (Å²) in [6, 6.07) is 0. The molecule has 1 nitrogen and oxygen atoms in total. The second kappa shape index (κ2) is 5.58. The number of halogens is 6. The van der Waals surface area contributed by atoms with Crippen molar-refractivity contribution in [1.29, 1.82) is 0 Å². The van der Waals surface area contributed by atoms with Gasteiger partial charge in [-0.2, -0.15) is 26.3 Å². The lowest BCUT2D eigenvalue weighted by molar-refractivity contribution is -0.281. The molecule has 0 atom stereocenters. The van der Waals surface area contributed by atoms with Gasteiger partial charge in [-0.1, -0.05) is 13.3 Å². The zero-order valence-electron chi connectivity index (χ0n) is 8.17. The predicted octanol–water partition coefficient (Wildman–Crippen LogP) is 3.12. The first-order chi connectivity index (χ1) is 6.69. The van der Waals surface area contributed by atoms with Crippen LogP contribution in [0.4, 0.5) is 26.3 Å². The molecule has 0 aliphatic rings. The van der Waals surface area contributed by atoms with Gasteiger partial charge in [0.05, 0.1) is 0 Å². The Balaban J connectivity index is 4.17. The van der Waals surface area contributed by atoms with Crippen LogP contribution in [0.15, 0.2) is 0 Å². The van der Waals surface area contributed by atoms with E-state index in [0.29, 0.717) is 6.42 Å². The van der Waals surface area contributed by atoms with Crippen molar-refractivity contribution in [2.24, 2.45) is 5.92 Å². The van der Waals surface area contributed by atoms with E-state index in [1.807, 2.05) is 0 Å². The van der Waals surface area contributed by atoms with Crippen molar-refractivity contribution in [1.82, 2.24) is 5.32 Å². The van der Waals surface area contributed by atoms with Crippen LogP contribution in [0.2, 0.25) is 0 Å². The van der Waals surface area contributed by atoms with Gasteiger partial charge in [-0.25, -0.2) is 0 Å². The van der Waals surface area contributed by atoms with Crippen molar-refractivity contribution in [3.05, 3.63) is 0 Å². The first-order valence-electron chi connectivity index (χ1n) is 4.53. The summed E-state index contributed by atoms with van der Waals surface area (Å²) in [6.45, 7) is 0.860. The highest BCUT2D eigenvalue weighted by Crippen LogP contribution is 2.38. The number of nitrogens with one attached hydrogen (secondary N) is 1. The smallest absolute Gasteiger partial charge is 0.316 e. The first-order valence-corrected chi connectivity index (χ1v) is 4.53. The fourth-order valence-corrected chi connectivity index (χ4v) is 0.965. The molecule has 0 aliphatic carbocycles. The van der Waals surface area contributed by atoms with Gasteiger partial charge in [-0.15, -0.1) is 0 Å². The largest absolute Gasteiger partial charge is 0.401 e. The lowest BCUT2D eigenvalue weighted by Gasteiger charge is -2.23. The van der Waals surface area contributed by atoms with E-state index in [2.05, 4.69) is 5.32 Å². The molecule has 0 spiro atoms. The molecule has 0 unspecified atom stereocenters. The summed E-state index contributed by atoms with van der Waals surface area (Å²) in [5, 5.41) is 2.16. The molecule has 0 amide bonds. The average Bonchev–Trinajstić information content (AvgIpc) is 1.99. The highest BCUT2D eigenvalue weighted by molar-refractivity contribution is 4.77. The molecule has 0 aromatic rings. The third-order valence-electron chi connectivity index (χ3n) is 1.85. The number of hydrogen-bond acceptors (Lipinski definition) is 1. The Morgan fingerprint density at radius 3 is 1.80 bits per heavy atom. The molecule has 0 heterocycles. The number of unbranched alkanes of at least 4 members (excludes halogenated alkanes) is 1. The maximum Gasteiger partial charge on any atom is 0.401 e. The number of rotatable bonds is 5. The zero-order chi connectivity index (χ0) is 12.1. The molecule has 0 radical (unpaired) electrons. The molecule has 0 aromatic heterocycles. The fraction of sp³-hybridized carbons (Fsp3) is 1.00. The van der Waals surface area contributed by atoms with Gasteiger partial charge in [0.15, 0.2) is 5.92 Å². The van der Waals surface area contributed by atoms with Crippen molar-refractivity contribution in [3.8, 4) is 0 Å². The van der Waals surface area contributed by atoms with Crippen LogP contribution >= 0.6 is 0 Å². The van der Waals surface area contributed by atoms with Gasteiger partial charge in [0.2, 0.25) is 0 Å². The van der Waals surface area contributed by atoms with Crippen LogP contribution in [-0.2, 0) is 0 Å². The first kappa shape index (κ1) is 14.5. The molecule has 7 heteroatoms. The molecule has 0 saturated heterocycles. The maximum atomic E-state index is 12.0. The van der Waals surface area contributed by atoms with Gasteiger partial charge in [-0.05, 0) is 13.0 Å². The molecule has 0 aliphatic heterocycles. The standard InChI is InChI=1S/C8H13F6N/c1-2-3-4-15-5-6(7(9,10)11)8(12,13)14/h6,15H,2-5H2,1H3. The van der Waals surface area contributed by atoms with E-state index in [9.17, 15) is 26.3 Å². The Hall–Kier alpha value is -0.460. The van der Waals surface area contributed by atoms with Crippen molar-refractivity contribution in [2.75, 3.05) is 13.1 Å². The van der Waals surface area contributed by atoms with Crippen LogP contribution in [0.5, 0.6) is 0 Å². The predicted molar refractivity (Wildman–Crippen MR) is 43.4 cm³/mol. The van der Waals surface area contributed by atoms with Crippen LogP contribution in [-0.4, -0.2) is 25.4 Å². The van der Waals surface area contributed by atoms with E-state index >= 15 is 0 Å². The van der Waals surface area contributed by atoms with Gasteiger partial charge >= 0.3 is 12.4 Å². The second-order valence-corrected chi connectivity index (χ2v) is 3.19. The van der Waals surface area contributed by atoms with Crippen molar-refractivity contribution < 1.29 is 26.3 Å². The highest BCUT2D eigenvalue weighted by atomic mass is 19.4. The molecular formula is C8H13F6N. The van der Waals surface area contributed by atoms with Gasteiger partial charge in [-0.3, -0.25) is 0 Å². The third-order valence-corrected chi connectivity index (χ3v) is 1.85. The molecule has 0 saturated carbocycles. The normalized spacial score (nSPS) is 13.6. The van der Waals surface area contributed by atoms with Gasteiger partial charge in [0.1, 0.15) is 0 Å². The van der Waals surface area contributed by atoms with E-state index in [-0.39, 0.29) is 6.54 Å². The van der Waals surface area contributed by atoms with Crippen LogP contribution < -0.4 is 5.32 Å². The monoisotopic (exact) mass is 237 g/mol. The van der Waals surface area contributed by atoms with Crippen LogP contribution in [0, 0.1) is 5.92 Å². The Morgan fingerprint density at radius 1 is 1.00 bits per heavy atom. The molecule has 0 aromatic carbocycles. The lowest BCUT2D eigenvalue weighted by atomic mass is 10.1. The third kappa shape index (κ3) is 5.86. The van der Waals surface area contributed by atoms with Gasteiger partial charge in [0.25, 0.3) is 0 Å². The minimum absolute atomic E-state index is 0.166. The van der Waals surface area contributed by atoms with Gasteiger partial charge in [0, 0.05) is 6.54 Å². The molecular weight excluding hydrogens is 224 g/mol. The van der Waals surface area contributed by atoms with E-state index in [1.165, 1.54) is 0 Å². The van der Waals surface area contributed by atoms with Crippen LogP contribution in [0.1, 0.15) is 19.8 Å². The highest BCUT2D eigenvalue weighted by Gasteiger charge is 2.55. The minimum atomic E-state index is -5.24. The Kier molecular flexibility index (Phi) is 5.41. The molecule has 0 bridgehead atoms. The van der Waals surface area contributed by atoms with Crippen molar-refractivity contribution >= 4 is 0 Å². The average molecular weight is 237 g/mol.